The Kier molecular flexibility index (Phi) is 41.4. The fraction of sp³-hybridized carbons (Fsp3) is 0.847. The molecule has 2 heterocycles. The van der Waals surface area contributed by atoms with Gasteiger partial charge in [-0.3, -0.25) is 4.79 Å². The second-order valence-corrected chi connectivity index (χ2v) is 20.7. The van der Waals surface area contributed by atoms with E-state index in [1.54, 1.807) is 6.08 Å². The van der Waals surface area contributed by atoms with Gasteiger partial charge in [-0.05, 0) is 64.2 Å². The first kappa shape index (κ1) is 67.1. The van der Waals surface area contributed by atoms with Crippen LogP contribution in [0, 0.1) is 0 Å². The first-order valence-corrected chi connectivity index (χ1v) is 29.4. The van der Waals surface area contributed by atoms with E-state index in [0.717, 1.165) is 70.6 Å². The highest BCUT2D eigenvalue weighted by Crippen LogP contribution is 2.30. The van der Waals surface area contributed by atoms with E-state index in [4.69, 9.17) is 18.9 Å². The minimum absolute atomic E-state index is 0.258. The molecule has 426 valence electrons. The average molecular weight is 1040 g/mol. The number of hydrogen-bond donors (Lipinski definition) is 9. The van der Waals surface area contributed by atoms with Gasteiger partial charge in [-0.1, -0.05) is 204 Å². The molecule has 12 atom stereocenters. The van der Waals surface area contributed by atoms with Crippen LogP contribution in [0.3, 0.4) is 0 Å². The SMILES string of the molecule is CCC/C=C\CCCCCCCC(=O)NC(COC1OC(CO)C(OC2OC(CO)C(O)C(O)C2O)C(O)C1O)C(O)/C=C/CC/C=C/CC/C=C/CCCCCCCCCCCCCCCCCCCCC. The molecule has 2 fully saturated rings. The predicted molar refractivity (Wildman–Crippen MR) is 291 cm³/mol. The molecule has 2 aliphatic heterocycles. The van der Waals surface area contributed by atoms with E-state index in [0.29, 0.717) is 12.8 Å². The maximum absolute atomic E-state index is 13.1. The molecule has 1 amide bonds. The molecule has 0 radical (unpaired) electrons. The van der Waals surface area contributed by atoms with Gasteiger partial charge >= 0.3 is 0 Å². The quantitative estimate of drug-likeness (QED) is 0.0205. The highest BCUT2D eigenvalue weighted by Gasteiger charge is 2.51. The lowest BCUT2D eigenvalue weighted by Gasteiger charge is -2.46. The van der Waals surface area contributed by atoms with Crippen LogP contribution in [0.15, 0.2) is 48.6 Å². The van der Waals surface area contributed by atoms with Crippen molar-refractivity contribution in [3.63, 3.8) is 0 Å². The molecule has 9 N–H and O–H groups in total. The van der Waals surface area contributed by atoms with E-state index in [1.807, 2.05) is 6.08 Å². The zero-order valence-corrected chi connectivity index (χ0v) is 45.6. The van der Waals surface area contributed by atoms with Crippen molar-refractivity contribution >= 4 is 5.91 Å². The monoisotopic (exact) mass is 1040 g/mol. The van der Waals surface area contributed by atoms with Gasteiger partial charge in [0, 0.05) is 6.42 Å². The van der Waals surface area contributed by atoms with Crippen molar-refractivity contribution in [3.8, 4) is 0 Å². The van der Waals surface area contributed by atoms with E-state index < -0.39 is 86.8 Å². The van der Waals surface area contributed by atoms with Gasteiger partial charge in [0.05, 0.1) is 32.0 Å². The standard InChI is InChI=1S/C59H107NO13/c1-3-5-7-9-11-13-15-16-17-18-19-20-21-22-23-24-25-26-27-28-29-30-31-32-33-34-36-38-40-42-48(63)47(60-51(64)43-41-39-37-35-14-12-10-8-6-4-2)46-70-58-56(69)54(67)57(50(45-62)72-58)73-59-55(68)53(66)52(65)49(44-61)71-59/h8,10,29-30,33-34,40,42,47-50,52-59,61-63,65-69H,3-7,9,11-28,31-32,35-39,41,43-46H2,1-2H3,(H,60,64)/b10-8-,30-29+,34-33+,42-40+. The molecule has 0 aromatic carbocycles. The molecule has 0 aliphatic carbocycles. The first-order chi connectivity index (χ1) is 35.6. The smallest absolute Gasteiger partial charge is 0.220 e. The molecule has 73 heavy (non-hydrogen) atoms. The van der Waals surface area contributed by atoms with E-state index >= 15 is 0 Å². The van der Waals surface area contributed by atoms with Crippen molar-refractivity contribution in [1.29, 1.82) is 0 Å². The van der Waals surface area contributed by atoms with Crippen molar-refractivity contribution < 1.29 is 64.6 Å². The van der Waals surface area contributed by atoms with Gasteiger partial charge in [-0.25, -0.2) is 0 Å². The number of aliphatic hydroxyl groups is 8. The maximum atomic E-state index is 13.1. The third-order valence-electron chi connectivity index (χ3n) is 14.2. The number of carbonyl (C=O) groups is 1. The second kappa shape index (κ2) is 45.0. The molecule has 0 aromatic heterocycles. The Morgan fingerprint density at radius 2 is 0.904 bits per heavy atom. The molecule has 0 bridgehead atoms. The number of allylic oxidation sites excluding steroid dienone is 7. The molecule has 12 unspecified atom stereocenters. The number of aliphatic hydroxyl groups excluding tert-OH is 8. The van der Waals surface area contributed by atoms with Crippen LogP contribution in [0.25, 0.3) is 0 Å². The number of unbranched alkanes of at least 4 members (excludes halogenated alkanes) is 27. The highest BCUT2D eigenvalue weighted by atomic mass is 16.7. The van der Waals surface area contributed by atoms with E-state index in [9.17, 15) is 45.6 Å². The van der Waals surface area contributed by atoms with Crippen LogP contribution >= 0.6 is 0 Å². The zero-order chi connectivity index (χ0) is 53.2. The van der Waals surface area contributed by atoms with E-state index in [1.165, 1.54) is 122 Å². The summed E-state index contributed by atoms with van der Waals surface area (Å²) in [7, 11) is 0. The van der Waals surface area contributed by atoms with Gasteiger partial charge in [-0.2, -0.15) is 0 Å². The fourth-order valence-electron chi connectivity index (χ4n) is 9.44. The molecule has 2 saturated heterocycles. The van der Waals surface area contributed by atoms with Crippen molar-refractivity contribution in [2.75, 3.05) is 19.8 Å². The lowest BCUT2D eigenvalue weighted by molar-refractivity contribution is -0.359. The summed E-state index contributed by atoms with van der Waals surface area (Å²) in [5.41, 5.74) is 0. The minimum atomic E-state index is -1.79. The Labute approximate surface area is 442 Å². The van der Waals surface area contributed by atoms with Gasteiger partial charge in [0.15, 0.2) is 12.6 Å². The number of carbonyl (C=O) groups excluding carboxylic acids is 1. The van der Waals surface area contributed by atoms with Crippen LogP contribution < -0.4 is 5.32 Å². The zero-order valence-electron chi connectivity index (χ0n) is 45.6. The molecule has 14 nitrogen and oxygen atoms in total. The molecule has 14 heteroatoms. The molecule has 2 aliphatic rings. The Bertz CT molecular complexity index is 1410. The minimum Gasteiger partial charge on any atom is -0.394 e. The van der Waals surface area contributed by atoms with Crippen LogP contribution in [0.2, 0.25) is 0 Å². The third-order valence-corrected chi connectivity index (χ3v) is 14.2. The lowest BCUT2D eigenvalue weighted by Crippen LogP contribution is -2.65. The Morgan fingerprint density at radius 1 is 0.479 bits per heavy atom. The normalized spacial score (nSPS) is 25.7. The first-order valence-electron chi connectivity index (χ1n) is 29.4. The molecule has 0 saturated carbocycles. The summed E-state index contributed by atoms with van der Waals surface area (Å²) in [5.74, 6) is -0.266. The van der Waals surface area contributed by atoms with Crippen LogP contribution in [0.5, 0.6) is 0 Å². The van der Waals surface area contributed by atoms with Crippen LogP contribution in [-0.2, 0) is 23.7 Å². The van der Waals surface area contributed by atoms with Crippen molar-refractivity contribution in [2.45, 2.75) is 299 Å². The Hall–Kier alpha value is -2.05. The third kappa shape index (κ3) is 31.1. The summed E-state index contributed by atoms with van der Waals surface area (Å²) >= 11 is 0. The van der Waals surface area contributed by atoms with Crippen molar-refractivity contribution in [2.24, 2.45) is 0 Å². The summed E-state index contributed by atoms with van der Waals surface area (Å²) in [6.07, 6.45) is 39.1. The van der Waals surface area contributed by atoms with Crippen LogP contribution in [-0.4, -0.2) is 140 Å². The highest BCUT2D eigenvalue weighted by molar-refractivity contribution is 5.76. The summed E-state index contributed by atoms with van der Waals surface area (Å²) < 4.78 is 22.7. The summed E-state index contributed by atoms with van der Waals surface area (Å²) in [4.78, 5) is 13.1. The number of rotatable bonds is 46. The largest absolute Gasteiger partial charge is 0.394 e. The van der Waals surface area contributed by atoms with Gasteiger partial charge in [0.25, 0.3) is 0 Å². The van der Waals surface area contributed by atoms with Crippen LogP contribution in [0.4, 0.5) is 0 Å². The molecule has 0 aromatic rings. The topological polar surface area (TPSA) is 228 Å². The van der Waals surface area contributed by atoms with Gasteiger partial charge in [0.2, 0.25) is 5.91 Å². The van der Waals surface area contributed by atoms with Gasteiger partial charge in [-0.15, -0.1) is 0 Å². The average Bonchev–Trinajstić information content (AvgIpc) is 3.39. The molecule has 2 rings (SSSR count). The fourth-order valence-corrected chi connectivity index (χ4v) is 9.44. The molecular formula is C59H107NO13. The number of nitrogens with one attached hydrogen (secondary N) is 1. The summed E-state index contributed by atoms with van der Waals surface area (Å²) in [6, 6.07) is -0.941. The summed E-state index contributed by atoms with van der Waals surface area (Å²) in [5, 5.41) is 86.8. The van der Waals surface area contributed by atoms with E-state index in [-0.39, 0.29) is 18.9 Å². The Morgan fingerprint density at radius 3 is 1.40 bits per heavy atom. The number of amides is 1. The number of hydrogen-bond acceptors (Lipinski definition) is 13. The Balaban J connectivity index is 1.72. The maximum Gasteiger partial charge on any atom is 0.220 e. The van der Waals surface area contributed by atoms with Crippen molar-refractivity contribution in [1.82, 2.24) is 5.32 Å². The second-order valence-electron chi connectivity index (χ2n) is 20.7. The predicted octanol–water partition coefficient (Wildman–Crippen LogP) is 9.61. The van der Waals surface area contributed by atoms with Gasteiger partial charge < -0.3 is 65.1 Å². The molecular weight excluding hydrogens is 931 g/mol. The lowest BCUT2D eigenvalue weighted by atomic mass is 9.97. The van der Waals surface area contributed by atoms with E-state index in [2.05, 4.69) is 55.6 Å². The number of ether oxygens (including phenoxy) is 4. The molecule has 0 spiro atoms. The van der Waals surface area contributed by atoms with Crippen molar-refractivity contribution in [3.05, 3.63) is 48.6 Å². The van der Waals surface area contributed by atoms with Gasteiger partial charge in [0.1, 0.15) is 48.8 Å². The van der Waals surface area contributed by atoms with Crippen LogP contribution in [0.1, 0.15) is 226 Å². The summed E-state index contributed by atoms with van der Waals surface area (Å²) in [6.45, 7) is 2.69.